The third-order valence-electron chi connectivity index (χ3n) is 7.25. The van der Waals surface area contributed by atoms with Crippen LogP contribution in [0.5, 0.6) is 5.75 Å². The standard InChI is InChI=1S/C36H40FN3O5S/c1-26-10-9-13-28(22-26)24-39(33(35(42)38-36(2,3)4)23-27-11-7-6-8-12-27)34(41)25-40(30-16-14-29(37)15-17-30)46(43,44)32-20-18-31(45-5)19-21-32/h6-22,33H,23-25H2,1-5H3,(H,38,42)/t33-/m1/s1. The number of hydrogen-bond acceptors (Lipinski definition) is 5. The predicted octanol–water partition coefficient (Wildman–Crippen LogP) is 5.89. The lowest BCUT2D eigenvalue weighted by molar-refractivity contribution is -0.140. The first-order chi connectivity index (χ1) is 21.8. The fourth-order valence-electron chi connectivity index (χ4n) is 5.03. The van der Waals surface area contributed by atoms with E-state index in [1.807, 2.05) is 82.3 Å². The number of nitrogens with one attached hydrogen (secondary N) is 1. The van der Waals surface area contributed by atoms with Crippen molar-refractivity contribution in [3.63, 3.8) is 0 Å². The van der Waals surface area contributed by atoms with Gasteiger partial charge in [0.15, 0.2) is 0 Å². The lowest BCUT2D eigenvalue weighted by Crippen LogP contribution is -2.56. The second-order valence-corrected chi connectivity index (χ2v) is 14.0. The molecule has 0 aromatic heterocycles. The van der Waals surface area contributed by atoms with Crippen molar-refractivity contribution in [1.29, 1.82) is 0 Å². The van der Waals surface area contributed by atoms with Gasteiger partial charge in [0.2, 0.25) is 11.8 Å². The average Bonchev–Trinajstić information content (AvgIpc) is 3.01. The Hall–Kier alpha value is -4.70. The molecule has 0 fully saturated rings. The van der Waals surface area contributed by atoms with Gasteiger partial charge in [-0.2, -0.15) is 0 Å². The first-order valence-corrected chi connectivity index (χ1v) is 16.3. The van der Waals surface area contributed by atoms with E-state index in [0.717, 1.165) is 33.1 Å². The van der Waals surface area contributed by atoms with Crippen molar-refractivity contribution in [2.24, 2.45) is 0 Å². The number of halogens is 1. The summed E-state index contributed by atoms with van der Waals surface area (Å²) in [6.45, 7) is 6.91. The Morgan fingerprint density at radius 2 is 1.50 bits per heavy atom. The summed E-state index contributed by atoms with van der Waals surface area (Å²) >= 11 is 0. The van der Waals surface area contributed by atoms with Crippen molar-refractivity contribution >= 4 is 27.5 Å². The quantitative estimate of drug-likeness (QED) is 0.207. The van der Waals surface area contributed by atoms with Crippen LogP contribution < -0.4 is 14.4 Å². The molecule has 1 atom stereocenters. The summed E-state index contributed by atoms with van der Waals surface area (Å²) in [5.41, 5.74) is 2.08. The minimum atomic E-state index is -4.33. The maximum atomic E-state index is 14.5. The van der Waals surface area contributed by atoms with Gasteiger partial charge in [-0.05, 0) is 87.4 Å². The number of anilines is 1. The first-order valence-electron chi connectivity index (χ1n) is 14.9. The normalized spacial score (nSPS) is 12.2. The summed E-state index contributed by atoms with van der Waals surface area (Å²) in [6, 6.07) is 26.6. The van der Waals surface area contributed by atoms with E-state index in [1.54, 1.807) is 0 Å². The Balaban J connectivity index is 1.81. The molecule has 0 aliphatic heterocycles. The Bertz CT molecular complexity index is 1740. The lowest BCUT2D eigenvalue weighted by Gasteiger charge is -2.35. The first kappa shape index (κ1) is 34.2. The number of ether oxygens (including phenoxy) is 1. The number of amides is 2. The van der Waals surface area contributed by atoms with Crippen molar-refractivity contribution in [2.75, 3.05) is 18.0 Å². The van der Waals surface area contributed by atoms with Crippen molar-refractivity contribution in [2.45, 2.75) is 57.1 Å². The van der Waals surface area contributed by atoms with E-state index in [4.69, 9.17) is 4.74 Å². The van der Waals surface area contributed by atoms with Gasteiger partial charge in [-0.3, -0.25) is 13.9 Å². The number of aryl methyl sites for hydroxylation is 1. The number of carbonyl (C=O) groups is 2. The molecule has 0 saturated heterocycles. The Kier molecular flexibility index (Phi) is 10.8. The van der Waals surface area contributed by atoms with Gasteiger partial charge in [-0.15, -0.1) is 0 Å². The summed E-state index contributed by atoms with van der Waals surface area (Å²) in [6.07, 6.45) is 0.197. The number of methoxy groups -OCH3 is 1. The van der Waals surface area contributed by atoms with E-state index in [1.165, 1.54) is 48.4 Å². The molecule has 2 amide bonds. The third-order valence-corrected chi connectivity index (χ3v) is 9.03. The zero-order chi connectivity index (χ0) is 33.5. The molecular formula is C36H40FN3O5S. The highest BCUT2D eigenvalue weighted by atomic mass is 32.2. The molecule has 0 saturated carbocycles. The van der Waals surface area contributed by atoms with E-state index < -0.39 is 39.9 Å². The Morgan fingerprint density at radius 1 is 0.870 bits per heavy atom. The molecule has 46 heavy (non-hydrogen) atoms. The van der Waals surface area contributed by atoms with Crippen molar-refractivity contribution < 1.29 is 27.1 Å². The maximum Gasteiger partial charge on any atom is 0.264 e. The Labute approximate surface area is 270 Å². The molecule has 4 aromatic carbocycles. The number of hydrogen-bond donors (Lipinski definition) is 1. The van der Waals surface area contributed by atoms with E-state index in [2.05, 4.69) is 5.32 Å². The van der Waals surface area contributed by atoms with E-state index in [0.29, 0.717) is 5.75 Å². The summed E-state index contributed by atoms with van der Waals surface area (Å²) in [4.78, 5) is 29.8. The monoisotopic (exact) mass is 645 g/mol. The predicted molar refractivity (Wildman–Crippen MR) is 177 cm³/mol. The minimum Gasteiger partial charge on any atom is -0.497 e. The molecule has 0 radical (unpaired) electrons. The highest BCUT2D eigenvalue weighted by Crippen LogP contribution is 2.27. The molecule has 1 N–H and O–H groups in total. The van der Waals surface area contributed by atoms with Crippen LogP contribution in [0.1, 0.15) is 37.5 Å². The van der Waals surface area contributed by atoms with Crippen LogP contribution in [-0.2, 0) is 32.6 Å². The van der Waals surface area contributed by atoms with Crippen LogP contribution >= 0.6 is 0 Å². The number of rotatable bonds is 12. The molecule has 242 valence electrons. The molecule has 0 aliphatic carbocycles. The van der Waals surface area contributed by atoms with E-state index >= 15 is 0 Å². The minimum absolute atomic E-state index is 0.0510. The summed E-state index contributed by atoms with van der Waals surface area (Å²) < 4.78 is 48.3. The lowest BCUT2D eigenvalue weighted by atomic mass is 10.0. The zero-order valence-electron chi connectivity index (χ0n) is 26.7. The fourth-order valence-corrected chi connectivity index (χ4v) is 6.44. The van der Waals surface area contributed by atoms with Gasteiger partial charge in [0.25, 0.3) is 10.0 Å². The smallest absolute Gasteiger partial charge is 0.264 e. The van der Waals surface area contributed by atoms with Gasteiger partial charge >= 0.3 is 0 Å². The molecule has 8 nitrogen and oxygen atoms in total. The Morgan fingerprint density at radius 3 is 2.09 bits per heavy atom. The summed E-state index contributed by atoms with van der Waals surface area (Å²) in [7, 11) is -2.86. The largest absolute Gasteiger partial charge is 0.497 e. The van der Waals surface area contributed by atoms with E-state index in [-0.39, 0.29) is 29.5 Å². The molecule has 4 rings (SSSR count). The van der Waals surface area contributed by atoms with E-state index in [9.17, 15) is 22.4 Å². The molecule has 10 heteroatoms. The van der Waals surface area contributed by atoms with Crippen LogP contribution in [0, 0.1) is 12.7 Å². The number of sulfonamides is 1. The van der Waals surface area contributed by atoms with Crippen LogP contribution in [0.2, 0.25) is 0 Å². The number of nitrogens with zero attached hydrogens (tertiary/aromatic N) is 2. The molecule has 4 aromatic rings. The van der Waals surface area contributed by atoms with Crippen molar-refractivity contribution in [3.05, 3.63) is 126 Å². The van der Waals surface area contributed by atoms with Crippen LogP contribution in [0.15, 0.2) is 108 Å². The second kappa shape index (κ2) is 14.6. The molecular weight excluding hydrogens is 605 g/mol. The summed E-state index contributed by atoms with van der Waals surface area (Å²) in [5.74, 6) is -1.07. The molecule has 0 bridgehead atoms. The second-order valence-electron chi connectivity index (χ2n) is 12.1. The number of benzene rings is 4. The van der Waals surface area contributed by atoms with Crippen LogP contribution in [-0.4, -0.2) is 50.4 Å². The fraction of sp³-hybridized carbons (Fsp3) is 0.278. The van der Waals surface area contributed by atoms with Gasteiger partial charge in [0.1, 0.15) is 24.2 Å². The number of carbonyl (C=O) groups excluding carboxylic acids is 2. The highest BCUT2D eigenvalue weighted by Gasteiger charge is 2.35. The molecule has 0 unspecified atom stereocenters. The zero-order valence-corrected chi connectivity index (χ0v) is 27.6. The van der Waals surface area contributed by atoms with Gasteiger partial charge in [-0.1, -0.05) is 60.2 Å². The van der Waals surface area contributed by atoms with Crippen LogP contribution in [0.3, 0.4) is 0 Å². The highest BCUT2D eigenvalue weighted by molar-refractivity contribution is 7.92. The summed E-state index contributed by atoms with van der Waals surface area (Å²) in [5, 5.41) is 3.01. The maximum absolute atomic E-state index is 14.5. The third kappa shape index (κ3) is 8.94. The van der Waals surface area contributed by atoms with Gasteiger partial charge in [0.05, 0.1) is 17.7 Å². The van der Waals surface area contributed by atoms with Crippen LogP contribution in [0.25, 0.3) is 0 Å². The van der Waals surface area contributed by atoms with Gasteiger partial charge in [-0.25, -0.2) is 12.8 Å². The average molecular weight is 646 g/mol. The van der Waals surface area contributed by atoms with Crippen LogP contribution in [0.4, 0.5) is 10.1 Å². The SMILES string of the molecule is COc1ccc(S(=O)(=O)N(CC(=O)N(Cc2cccc(C)c2)[C@H](Cc2ccccc2)C(=O)NC(C)(C)C)c2ccc(F)cc2)cc1. The molecule has 0 spiro atoms. The molecule has 0 heterocycles. The van der Waals surface area contributed by atoms with Crippen molar-refractivity contribution in [3.8, 4) is 5.75 Å². The molecule has 0 aliphatic rings. The van der Waals surface area contributed by atoms with Gasteiger partial charge < -0.3 is 15.0 Å². The topological polar surface area (TPSA) is 96.0 Å². The van der Waals surface area contributed by atoms with Gasteiger partial charge in [0, 0.05) is 18.5 Å². The van der Waals surface area contributed by atoms with Crippen molar-refractivity contribution in [1.82, 2.24) is 10.2 Å².